The maximum atomic E-state index is 13.0. The molecule has 186 valence electrons. The summed E-state index contributed by atoms with van der Waals surface area (Å²) in [5.74, 6) is -2.82. The van der Waals surface area contributed by atoms with Gasteiger partial charge in [-0.05, 0) is 32.8 Å². The molecule has 1 aromatic rings. The summed E-state index contributed by atoms with van der Waals surface area (Å²) in [4.78, 5) is 63.4. The van der Waals surface area contributed by atoms with Crippen LogP contribution in [0.25, 0.3) is 0 Å². The number of rotatable bonds is 9. The van der Waals surface area contributed by atoms with E-state index in [0.29, 0.717) is 0 Å². The van der Waals surface area contributed by atoms with Gasteiger partial charge in [0.25, 0.3) is 0 Å². The van der Waals surface area contributed by atoms with E-state index < -0.39 is 48.0 Å². The van der Waals surface area contributed by atoms with Crippen molar-refractivity contribution < 1.29 is 38.6 Å². The van der Waals surface area contributed by atoms with Gasteiger partial charge in [0.1, 0.15) is 31.3 Å². The number of amides is 3. The summed E-state index contributed by atoms with van der Waals surface area (Å²) in [5.41, 5.74) is 0.0611. The van der Waals surface area contributed by atoms with Crippen molar-refractivity contribution in [2.75, 3.05) is 26.2 Å². The summed E-state index contributed by atoms with van der Waals surface area (Å²) >= 11 is 0. The largest absolute Gasteiger partial charge is 0.481 e. The molecule has 1 saturated heterocycles. The minimum absolute atomic E-state index is 0.0317. The number of piperazine rings is 1. The molecular formula is C23H31N3O8. The van der Waals surface area contributed by atoms with Gasteiger partial charge >= 0.3 is 18.0 Å². The van der Waals surface area contributed by atoms with Crippen LogP contribution in [0.15, 0.2) is 30.3 Å². The Morgan fingerprint density at radius 3 is 2.41 bits per heavy atom. The zero-order chi connectivity index (χ0) is 25.3. The van der Waals surface area contributed by atoms with E-state index in [1.54, 1.807) is 45.0 Å². The quantitative estimate of drug-likeness (QED) is 0.505. The molecular weight excluding hydrogens is 446 g/mol. The summed E-state index contributed by atoms with van der Waals surface area (Å²) in [7, 11) is 0. The van der Waals surface area contributed by atoms with E-state index in [0.717, 1.165) is 5.56 Å². The molecule has 34 heavy (non-hydrogen) atoms. The van der Waals surface area contributed by atoms with Crippen molar-refractivity contribution in [3.8, 4) is 0 Å². The molecule has 0 bridgehead atoms. The number of alkyl carbamates (subject to hydrolysis) is 1. The van der Waals surface area contributed by atoms with Crippen LogP contribution in [0.2, 0.25) is 0 Å². The number of hydrogen-bond donors (Lipinski definition) is 2. The summed E-state index contributed by atoms with van der Waals surface area (Å²) in [6, 6.07) is 7.94. The Morgan fingerprint density at radius 2 is 1.79 bits per heavy atom. The standard InChI is InChI=1S/C23H31N3O8/c1-23(2,3)34-20(30)14-25-11-12-26(17(21(25)31)9-10-19(28)29)18(27)13-24-22(32)33-15-16-7-5-4-6-8-16/h4-8,17H,9-15H2,1-3H3,(H,24,32)(H,28,29)/t17-/m0/s1. The number of ether oxygens (including phenoxy) is 2. The van der Waals surface area contributed by atoms with Gasteiger partial charge in [0.2, 0.25) is 11.8 Å². The lowest BCUT2D eigenvalue weighted by Gasteiger charge is -2.40. The van der Waals surface area contributed by atoms with Gasteiger partial charge in [-0.25, -0.2) is 4.79 Å². The third-order valence-electron chi connectivity index (χ3n) is 4.87. The molecule has 0 unspecified atom stereocenters. The third kappa shape index (κ3) is 8.72. The Labute approximate surface area is 198 Å². The van der Waals surface area contributed by atoms with E-state index in [1.807, 2.05) is 6.07 Å². The highest BCUT2D eigenvalue weighted by Crippen LogP contribution is 2.18. The minimum atomic E-state index is -1.12. The molecule has 0 spiro atoms. The molecule has 1 aliphatic rings. The van der Waals surface area contributed by atoms with Gasteiger partial charge in [0.05, 0.1) is 0 Å². The third-order valence-corrected chi connectivity index (χ3v) is 4.87. The van der Waals surface area contributed by atoms with Crippen LogP contribution in [0.5, 0.6) is 0 Å². The number of esters is 1. The molecule has 1 atom stereocenters. The highest BCUT2D eigenvalue weighted by atomic mass is 16.6. The number of carbonyl (C=O) groups excluding carboxylic acids is 4. The molecule has 1 aliphatic heterocycles. The molecule has 0 aliphatic carbocycles. The van der Waals surface area contributed by atoms with Gasteiger partial charge in [-0.3, -0.25) is 19.2 Å². The lowest BCUT2D eigenvalue weighted by molar-refractivity contribution is -0.163. The van der Waals surface area contributed by atoms with Crippen LogP contribution < -0.4 is 5.32 Å². The summed E-state index contributed by atoms with van der Waals surface area (Å²) in [6.07, 6.45) is -1.26. The number of nitrogens with zero attached hydrogens (tertiary/aromatic N) is 2. The number of benzene rings is 1. The molecule has 2 rings (SSSR count). The lowest BCUT2D eigenvalue weighted by Crippen LogP contribution is -2.61. The topological polar surface area (TPSA) is 143 Å². The summed E-state index contributed by atoms with van der Waals surface area (Å²) < 4.78 is 10.3. The summed E-state index contributed by atoms with van der Waals surface area (Å²) in [5, 5.41) is 11.4. The van der Waals surface area contributed by atoms with Crippen molar-refractivity contribution >= 4 is 29.8 Å². The van der Waals surface area contributed by atoms with E-state index in [1.165, 1.54) is 9.80 Å². The summed E-state index contributed by atoms with van der Waals surface area (Å²) in [6.45, 7) is 4.58. The van der Waals surface area contributed by atoms with Crippen LogP contribution in [0.3, 0.4) is 0 Å². The van der Waals surface area contributed by atoms with Crippen molar-refractivity contribution in [3.05, 3.63) is 35.9 Å². The maximum Gasteiger partial charge on any atom is 0.407 e. The molecule has 0 radical (unpaired) electrons. The molecule has 1 heterocycles. The molecule has 11 heteroatoms. The second-order valence-corrected chi connectivity index (χ2v) is 8.80. The van der Waals surface area contributed by atoms with E-state index in [9.17, 15) is 24.0 Å². The van der Waals surface area contributed by atoms with Crippen LogP contribution in [0.4, 0.5) is 4.79 Å². The predicted molar refractivity (Wildman–Crippen MR) is 119 cm³/mol. The van der Waals surface area contributed by atoms with E-state index in [4.69, 9.17) is 14.6 Å². The van der Waals surface area contributed by atoms with Crippen molar-refractivity contribution in [3.63, 3.8) is 0 Å². The number of carboxylic acids is 1. The van der Waals surface area contributed by atoms with E-state index >= 15 is 0 Å². The number of hydrogen-bond acceptors (Lipinski definition) is 7. The fourth-order valence-corrected chi connectivity index (χ4v) is 3.39. The Morgan fingerprint density at radius 1 is 1.12 bits per heavy atom. The van der Waals surface area contributed by atoms with Crippen LogP contribution in [-0.4, -0.2) is 82.6 Å². The monoisotopic (exact) mass is 477 g/mol. The highest BCUT2D eigenvalue weighted by Gasteiger charge is 2.38. The lowest BCUT2D eigenvalue weighted by atomic mass is 10.0. The van der Waals surface area contributed by atoms with Crippen LogP contribution in [-0.2, 0) is 35.3 Å². The van der Waals surface area contributed by atoms with Crippen molar-refractivity contribution in [2.45, 2.75) is 51.9 Å². The van der Waals surface area contributed by atoms with Crippen molar-refractivity contribution in [1.82, 2.24) is 15.1 Å². The van der Waals surface area contributed by atoms with Crippen LogP contribution >= 0.6 is 0 Å². The molecule has 3 amide bonds. The van der Waals surface area contributed by atoms with Gasteiger partial charge in [-0.1, -0.05) is 30.3 Å². The average molecular weight is 478 g/mol. The number of carboxylic acid groups (broad SMARTS) is 1. The first-order valence-corrected chi connectivity index (χ1v) is 10.9. The van der Waals surface area contributed by atoms with Gasteiger partial charge in [-0.2, -0.15) is 0 Å². The second-order valence-electron chi connectivity index (χ2n) is 8.80. The Hall–Kier alpha value is -3.63. The maximum absolute atomic E-state index is 13.0. The molecule has 1 fully saturated rings. The highest BCUT2D eigenvalue weighted by molar-refractivity contribution is 5.92. The predicted octanol–water partition coefficient (Wildman–Crippen LogP) is 1.16. The van der Waals surface area contributed by atoms with Crippen LogP contribution in [0, 0.1) is 0 Å². The second kappa shape index (κ2) is 12.0. The molecule has 0 aromatic heterocycles. The molecule has 11 nitrogen and oxygen atoms in total. The van der Waals surface area contributed by atoms with Crippen molar-refractivity contribution in [2.24, 2.45) is 0 Å². The zero-order valence-corrected chi connectivity index (χ0v) is 19.6. The first-order valence-electron chi connectivity index (χ1n) is 10.9. The van der Waals surface area contributed by atoms with E-state index in [-0.39, 0.29) is 39.1 Å². The fourth-order valence-electron chi connectivity index (χ4n) is 3.39. The van der Waals surface area contributed by atoms with Crippen molar-refractivity contribution in [1.29, 1.82) is 0 Å². The van der Waals surface area contributed by atoms with Gasteiger partial charge in [-0.15, -0.1) is 0 Å². The molecule has 1 aromatic carbocycles. The molecule has 0 saturated carbocycles. The first-order chi connectivity index (χ1) is 16.0. The van der Waals surface area contributed by atoms with Gasteiger partial charge < -0.3 is 29.7 Å². The Bertz CT molecular complexity index is 897. The zero-order valence-electron chi connectivity index (χ0n) is 19.6. The number of nitrogens with one attached hydrogen (secondary N) is 1. The minimum Gasteiger partial charge on any atom is -0.481 e. The normalized spacial score (nSPS) is 16.1. The Balaban J connectivity index is 1.95. The molecule has 2 N–H and O–H groups in total. The van der Waals surface area contributed by atoms with E-state index in [2.05, 4.69) is 5.32 Å². The smallest absolute Gasteiger partial charge is 0.407 e. The number of aliphatic carboxylic acids is 1. The SMILES string of the molecule is CC(C)(C)OC(=O)CN1CCN(C(=O)CNC(=O)OCc2ccccc2)[C@@H](CCC(=O)O)C1=O. The first kappa shape index (κ1) is 26.6. The average Bonchev–Trinajstić information content (AvgIpc) is 2.75. The van der Waals surface area contributed by atoms with Gasteiger partial charge in [0, 0.05) is 19.5 Å². The fraction of sp³-hybridized carbons (Fsp3) is 0.522. The van der Waals surface area contributed by atoms with Gasteiger partial charge in [0.15, 0.2) is 0 Å². The van der Waals surface area contributed by atoms with Crippen LogP contribution in [0.1, 0.15) is 39.2 Å². The Kier molecular flexibility index (Phi) is 9.40. The number of carbonyl (C=O) groups is 5.